The summed E-state index contributed by atoms with van der Waals surface area (Å²) in [5.41, 5.74) is 3.70. The molecule has 1 aromatic heterocycles. The van der Waals surface area contributed by atoms with Crippen molar-refractivity contribution in [2.24, 2.45) is 0 Å². The Hall–Kier alpha value is -3.06. The van der Waals surface area contributed by atoms with Crippen LogP contribution in [0.3, 0.4) is 0 Å². The number of anilines is 1. The van der Waals surface area contributed by atoms with Crippen LogP contribution < -0.4 is 14.8 Å². The monoisotopic (exact) mass is 379 g/mol. The van der Waals surface area contributed by atoms with Crippen molar-refractivity contribution < 1.29 is 14.3 Å². The van der Waals surface area contributed by atoms with Gasteiger partial charge in [0.15, 0.2) is 11.5 Å². The van der Waals surface area contributed by atoms with Gasteiger partial charge in [0.05, 0.1) is 11.4 Å². The minimum Gasteiger partial charge on any atom is -0.454 e. The van der Waals surface area contributed by atoms with Gasteiger partial charge in [0.2, 0.25) is 12.7 Å². The molecule has 0 saturated heterocycles. The molecule has 7 heteroatoms. The van der Waals surface area contributed by atoms with Crippen molar-refractivity contribution in [2.75, 3.05) is 17.9 Å². The van der Waals surface area contributed by atoms with Gasteiger partial charge in [-0.25, -0.2) is 0 Å². The number of carbonyl (C=O) groups is 1. The van der Waals surface area contributed by atoms with Gasteiger partial charge in [-0.3, -0.25) is 4.79 Å². The van der Waals surface area contributed by atoms with Crippen molar-refractivity contribution in [2.45, 2.75) is 11.9 Å². The van der Waals surface area contributed by atoms with E-state index in [4.69, 9.17) is 9.47 Å². The maximum atomic E-state index is 12.2. The smallest absolute Gasteiger partial charge is 0.234 e. The summed E-state index contributed by atoms with van der Waals surface area (Å²) < 4.78 is 10.6. The third-order valence-electron chi connectivity index (χ3n) is 4.07. The summed E-state index contributed by atoms with van der Waals surface area (Å²) >= 11 is 1.34. The standard InChI is InChI=1S/C20H17N3O3S/c1-13-4-2-3-5-15(13)16-7-9-20(23-22-16)27-11-19(24)21-14-6-8-17-18(10-14)26-12-25-17/h2-10H,11-12H2,1H3,(H,21,24). The molecule has 6 nitrogen and oxygen atoms in total. The minimum absolute atomic E-state index is 0.122. The van der Waals surface area contributed by atoms with Crippen LogP contribution in [-0.4, -0.2) is 28.7 Å². The van der Waals surface area contributed by atoms with Crippen molar-refractivity contribution in [3.05, 3.63) is 60.2 Å². The van der Waals surface area contributed by atoms with Crippen LogP contribution in [-0.2, 0) is 4.79 Å². The summed E-state index contributed by atoms with van der Waals surface area (Å²) in [6.45, 7) is 2.25. The van der Waals surface area contributed by atoms with E-state index in [-0.39, 0.29) is 18.5 Å². The normalized spacial score (nSPS) is 12.0. The lowest BCUT2D eigenvalue weighted by atomic mass is 10.1. The van der Waals surface area contributed by atoms with Gasteiger partial charge in [-0.1, -0.05) is 36.0 Å². The van der Waals surface area contributed by atoms with Crippen molar-refractivity contribution in [3.8, 4) is 22.8 Å². The van der Waals surface area contributed by atoms with Gasteiger partial charge in [0, 0.05) is 17.3 Å². The maximum absolute atomic E-state index is 12.2. The van der Waals surface area contributed by atoms with Gasteiger partial charge in [0.1, 0.15) is 5.03 Å². The van der Waals surface area contributed by atoms with Gasteiger partial charge < -0.3 is 14.8 Å². The fourth-order valence-electron chi connectivity index (χ4n) is 2.71. The van der Waals surface area contributed by atoms with E-state index in [1.165, 1.54) is 11.8 Å². The number of hydrogen-bond acceptors (Lipinski definition) is 6. The van der Waals surface area contributed by atoms with Crippen molar-refractivity contribution in [1.82, 2.24) is 10.2 Å². The number of nitrogens with one attached hydrogen (secondary N) is 1. The van der Waals surface area contributed by atoms with Crippen LogP contribution in [0.25, 0.3) is 11.3 Å². The molecule has 0 radical (unpaired) electrons. The number of carbonyl (C=O) groups excluding carboxylic acids is 1. The molecule has 3 aromatic rings. The average molecular weight is 379 g/mol. The van der Waals surface area contributed by atoms with E-state index in [1.54, 1.807) is 18.2 Å². The van der Waals surface area contributed by atoms with Crippen LogP contribution in [0.5, 0.6) is 11.5 Å². The molecule has 4 rings (SSSR count). The van der Waals surface area contributed by atoms with Gasteiger partial charge in [-0.05, 0) is 36.8 Å². The summed E-state index contributed by atoms with van der Waals surface area (Å²) in [5.74, 6) is 1.44. The molecule has 0 atom stereocenters. The second kappa shape index (κ2) is 7.67. The Kier molecular flexibility index (Phi) is 4.93. The Morgan fingerprint density at radius 2 is 1.93 bits per heavy atom. The molecule has 0 saturated carbocycles. The summed E-state index contributed by atoms with van der Waals surface area (Å²) in [4.78, 5) is 12.2. The van der Waals surface area contributed by atoms with Crippen LogP contribution in [0, 0.1) is 6.92 Å². The van der Waals surface area contributed by atoms with E-state index in [9.17, 15) is 4.79 Å². The van der Waals surface area contributed by atoms with Crippen molar-refractivity contribution in [1.29, 1.82) is 0 Å². The van der Waals surface area contributed by atoms with Crippen LogP contribution in [0.15, 0.2) is 59.6 Å². The minimum atomic E-state index is -0.122. The lowest BCUT2D eigenvalue weighted by molar-refractivity contribution is -0.113. The van der Waals surface area contributed by atoms with Crippen molar-refractivity contribution in [3.63, 3.8) is 0 Å². The Bertz CT molecular complexity index is 976. The third kappa shape index (κ3) is 4.03. The number of fused-ring (bicyclic) bond motifs is 1. The van der Waals surface area contributed by atoms with Crippen molar-refractivity contribution >= 4 is 23.4 Å². The Morgan fingerprint density at radius 3 is 2.74 bits per heavy atom. The van der Waals surface area contributed by atoms with E-state index in [0.29, 0.717) is 22.2 Å². The zero-order valence-electron chi connectivity index (χ0n) is 14.6. The topological polar surface area (TPSA) is 73.3 Å². The highest BCUT2D eigenvalue weighted by Crippen LogP contribution is 2.34. The van der Waals surface area contributed by atoms with Gasteiger partial charge in [0.25, 0.3) is 0 Å². The summed E-state index contributed by atoms with van der Waals surface area (Å²) in [6, 6.07) is 17.2. The Labute approximate surface area is 160 Å². The number of amides is 1. The zero-order chi connectivity index (χ0) is 18.6. The molecule has 27 heavy (non-hydrogen) atoms. The van der Waals surface area contributed by atoms with E-state index in [1.807, 2.05) is 43.3 Å². The number of rotatable bonds is 5. The van der Waals surface area contributed by atoms with Crippen LogP contribution in [0.1, 0.15) is 5.56 Å². The molecule has 1 amide bonds. The average Bonchev–Trinajstić information content (AvgIpc) is 3.15. The molecule has 2 heterocycles. The van der Waals surface area contributed by atoms with E-state index in [2.05, 4.69) is 15.5 Å². The first-order chi connectivity index (χ1) is 13.2. The quantitative estimate of drug-likeness (QED) is 0.678. The summed E-state index contributed by atoms with van der Waals surface area (Å²) in [6.07, 6.45) is 0. The fraction of sp³-hybridized carbons (Fsp3) is 0.150. The van der Waals surface area contributed by atoms with Crippen LogP contribution in [0.2, 0.25) is 0 Å². The number of benzene rings is 2. The molecule has 1 aliphatic rings. The third-order valence-corrected chi connectivity index (χ3v) is 4.99. The fourth-order valence-corrected chi connectivity index (χ4v) is 3.33. The highest BCUT2D eigenvalue weighted by atomic mass is 32.2. The van der Waals surface area contributed by atoms with E-state index < -0.39 is 0 Å². The molecular formula is C20H17N3O3S. The molecule has 0 spiro atoms. The van der Waals surface area contributed by atoms with Gasteiger partial charge >= 0.3 is 0 Å². The molecule has 0 fully saturated rings. The molecule has 0 bridgehead atoms. The second-order valence-corrected chi connectivity index (χ2v) is 6.97. The van der Waals surface area contributed by atoms with Gasteiger partial charge in [-0.2, -0.15) is 0 Å². The van der Waals surface area contributed by atoms with Crippen LogP contribution >= 0.6 is 11.8 Å². The highest BCUT2D eigenvalue weighted by Gasteiger charge is 2.14. The zero-order valence-corrected chi connectivity index (χ0v) is 15.5. The molecular weight excluding hydrogens is 362 g/mol. The predicted octanol–water partition coefficient (Wildman–Crippen LogP) is 3.91. The highest BCUT2D eigenvalue weighted by molar-refractivity contribution is 7.99. The molecule has 2 aromatic carbocycles. The SMILES string of the molecule is Cc1ccccc1-c1ccc(SCC(=O)Nc2ccc3c(c2)OCO3)nn1. The molecule has 0 unspecified atom stereocenters. The lowest BCUT2D eigenvalue weighted by Crippen LogP contribution is -2.14. The number of hydrogen-bond donors (Lipinski definition) is 1. The van der Waals surface area contributed by atoms with E-state index >= 15 is 0 Å². The maximum Gasteiger partial charge on any atom is 0.234 e. The Morgan fingerprint density at radius 1 is 1.07 bits per heavy atom. The number of aryl methyl sites for hydroxylation is 1. The molecule has 1 aliphatic heterocycles. The number of thioether (sulfide) groups is 1. The number of nitrogens with zero attached hydrogens (tertiary/aromatic N) is 2. The first-order valence-corrected chi connectivity index (χ1v) is 9.39. The number of ether oxygens (including phenoxy) is 2. The summed E-state index contributed by atoms with van der Waals surface area (Å²) in [5, 5.41) is 12.0. The lowest BCUT2D eigenvalue weighted by Gasteiger charge is -2.07. The second-order valence-electron chi connectivity index (χ2n) is 5.98. The molecule has 136 valence electrons. The van der Waals surface area contributed by atoms with Crippen LogP contribution in [0.4, 0.5) is 5.69 Å². The van der Waals surface area contributed by atoms with E-state index in [0.717, 1.165) is 16.8 Å². The summed E-state index contributed by atoms with van der Waals surface area (Å²) in [7, 11) is 0. The first kappa shape index (κ1) is 17.4. The Balaban J connectivity index is 1.34. The largest absolute Gasteiger partial charge is 0.454 e. The predicted molar refractivity (Wildman–Crippen MR) is 104 cm³/mol. The first-order valence-electron chi connectivity index (χ1n) is 8.41. The van der Waals surface area contributed by atoms with Gasteiger partial charge in [-0.15, -0.1) is 10.2 Å². The molecule has 0 aliphatic carbocycles. The molecule has 1 N–H and O–H groups in total. The number of aromatic nitrogens is 2.